The fourth-order valence-corrected chi connectivity index (χ4v) is 5.10. The minimum Gasteiger partial charge on any atom is -0.339 e. The smallest absolute Gasteiger partial charge is 0.253 e. The van der Waals surface area contributed by atoms with Gasteiger partial charge in [0, 0.05) is 29.4 Å². The molecule has 3 aromatic rings. The van der Waals surface area contributed by atoms with Crippen LogP contribution in [-0.4, -0.2) is 28.9 Å². The Balaban J connectivity index is 1.41. The van der Waals surface area contributed by atoms with Gasteiger partial charge in [0.2, 0.25) is 0 Å². The van der Waals surface area contributed by atoms with Crippen molar-refractivity contribution in [3.05, 3.63) is 58.6 Å². The van der Waals surface area contributed by atoms with E-state index in [2.05, 4.69) is 4.98 Å². The molecule has 1 aliphatic heterocycles. The Morgan fingerprint density at radius 3 is 2.68 bits per heavy atom. The molecule has 2 aromatic carbocycles. The third-order valence-electron chi connectivity index (χ3n) is 4.29. The van der Waals surface area contributed by atoms with Gasteiger partial charge in [-0.25, -0.2) is 4.98 Å². The summed E-state index contributed by atoms with van der Waals surface area (Å²) in [6, 6.07) is 13.8. The van der Waals surface area contributed by atoms with Crippen molar-refractivity contribution in [2.45, 2.75) is 22.9 Å². The summed E-state index contributed by atoms with van der Waals surface area (Å²) in [5.41, 5.74) is 2.93. The molecule has 3 nitrogen and oxygen atoms in total. The summed E-state index contributed by atoms with van der Waals surface area (Å²) in [4.78, 5) is 18.9. The van der Waals surface area contributed by atoms with Crippen LogP contribution < -0.4 is 0 Å². The first kappa shape index (κ1) is 16.9. The molecule has 0 aliphatic carbocycles. The van der Waals surface area contributed by atoms with E-state index >= 15 is 0 Å². The van der Waals surface area contributed by atoms with Crippen molar-refractivity contribution < 1.29 is 4.79 Å². The minimum atomic E-state index is 0.153. The summed E-state index contributed by atoms with van der Waals surface area (Å²) in [5.74, 6) is 0.992. The summed E-state index contributed by atoms with van der Waals surface area (Å²) in [6.07, 6.45) is 2.24. The lowest BCUT2D eigenvalue weighted by molar-refractivity contribution is 0.0793. The molecule has 6 heteroatoms. The van der Waals surface area contributed by atoms with E-state index in [4.69, 9.17) is 11.6 Å². The van der Waals surface area contributed by atoms with Crippen LogP contribution in [0.1, 0.15) is 28.8 Å². The second-order valence-corrected chi connectivity index (χ2v) is 8.77. The Kier molecular flexibility index (Phi) is 4.97. The number of nitrogens with zero attached hydrogens (tertiary/aromatic N) is 2. The molecule has 4 rings (SSSR count). The SMILES string of the molecule is O=C(c1ccc(CSc2nc3cc(Cl)ccc3s2)cc1)N1CCCC1. The second kappa shape index (κ2) is 7.36. The van der Waals surface area contributed by atoms with E-state index < -0.39 is 0 Å². The van der Waals surface area contributed by atoms with Crippen LogP contribution in [0.25, 0.3) is 10.2 Å². The van der Waals surface area contributed by atoms with Crippen molar-refractivity contribution in [2.24, 2.45) is 0 Å². The molecule has 0 radical (unpaired) electrons. The molecule has 0 atom stereocenters. The molecule has 1 aliphatic rings. The maximum Gasteiger partial charge on any atom is 0.253 e. The molecule has 1 aromatic heterocycles. The van der Waals surface area contributed by atoms with Crippen LogP contribution in [0.2, 0.25) is 5.02 Å². The molecule has 128 valence electrons. The second-order valence-electron chi connectivity index (χ2n) is 6.08. The standard InChI is InChI=1S/C19H17ClN2OS2/c20-15-7-8-17-16(11-15)21-19(25-17)24-12-13-3-5-14(6-4-13)18(23)22-9-1-2-10-22/h3-8,11H,1-2,9-10,12H2. The number of hydrogen-bond acceptors (Lipinski definition) is 4. The van der Waals surface area contributed by atoms with Crippen molar-refractivity contribution in [3.63, 3.8) is 0 Å². The molecule has 0 unspecified atom stereocenters. The van der Waals surface area contributed by atoms with E-state index in [1.807, 2.05) is 47.4 Å². The number of carbonyl (C=O) groups is 1. The molecule has 1 saturated heterocycles. The zero-order valence-corrected chi connectivity index (χ0v) is 16.0. The highest BCUT2D eigenvalue weighted by molar-refractivity contribution is 8.00. The Bertz CT molecular complexity index is 901. The number of fused-ring (bicyclic) bond motifs is 1. The monoisotopic (exact) mass is 388 g/mol. The van der Waals surface area contributed by atoms with E-state index in [0.717, 1.165) is 51.8 Å². The third-order valence-corrected chi connectivity index (χ3v) is 6.77. The van der Waals surface area contributed by atoms with Gasteiger partial charge in [0.15, 0.2) is 4.34 Å². The lowest BCUT2D eigenvalue weighted by atomic mass is 10.1. The normalized spacial score (nSPS) is 14.4. The van der Waals surface area contributed by atoms with Crippen LogP contribution in [0.4, 0.5) is 0 Å². The van der Waals surface area contributed by atoms with Gasteiger partial charge in [-0.05, 0) is 48.7 Å². The number of hydrogen-bond donors (Lipinski definition) is 0. The topological polar surface area (TPSA) is 33.2 Å². The number of halogens is 1. The van der Waals surface area contributed by atoms with E-state index in [0.29, 0.717) is 5.02 Å². The highest BCUT2D eigenvalue weighted by Gasteiger charge is 2.19. The quantitative estimate of drug-likeness (QED) is 0.555. The van der Waals surface area contributed by atoms with Gasteiger partial charge in [0.1, 0.15) is 0 Å². The van der Waals surface area contributed by atoms with Crippen molar-refractivity contribution in [1.82, 2.24) is 9.88 Å². The van der Waals surface area contributed by atoms with Gasteiger partial charge in [-0.2, -0.15) is 0 Å². The summed E-state index contributed by atoms with van der Waals surface area (Å²) in [5, 5.41) is 0.715. The van der Waals surface area contributed by atoms with Crippen molar-refractivity contribution in [2.75, 3.05) is 13.1 Å². The molecule has 0 saturated carbocycles. The molecular formula is C19H17ClN2OS2. The number of rotatable bonds is 4. The van der Waals surface area contributed by atoms with Crippen LogP contribution in [0.5, 0.6) is 0 Å². The van der Waals surface area contributed by atoms with Crippen LogP contribution in [0.15, 0.2) is 46.8 Å². The number of benzene rings is 2. The first-order valence-electron chi connectivity index (χ1n) is 8.26. The van der Waals surface area contributed by atoms with Crippen molar-refractivity contribution in [1.29, 1.82) is 0 Å². The zero-order valence-electron chi connectivity index (χ0n) is 13.6. The summed E-state index contributed by atoms with van der Waals surface area (Å²) in [6.45, 7) is 1.77. The predicted octanol–water partition coefficient (Wildman–Crippen LogP) is 5.48. The van der Waals surface area contributed by atoms with Gasteiger partial charge in [0.25, 0.3) is 5.91 Å². The highest BCUT2D eigenvalue weighted by atomic mass is 35.5. The minimum absolute atomic E-state index is 0.153. The van der Waals surface area contributed by atoms with Gasteiger partial charge in [-0.3, -0.25) is 4.79 Å². The number of thiazole rings is 1. The Hall–Kier alpha value is -1.56. The largest absolute Gasteiger partial charge is 0.339 e. The molecule has 2 heterocycles. The fourth-order valence-electron chi connectivity index (χ4n) is 2.93. The number of likely N-dealkylation sites (tertiary alicyclic amines) is 1. The van der Waals surface area contributed by atoms with Crippen LogP contribution in [-0.2, 0) is 5.75 Å². The van der Waals surface area contributed by atoms with E-state index in [-0.39, 0.29) is 5.91 Å². The molecule has 25 heavy (non-hydrogen) atoms. The molecule has 1 amide bonds. The molecule has 1 fully saturated rings. The van der Waals surface area contributed by atoms with E-state index in [9.17, 15) is 4.79 Å². The average Bonchev–Trinajstić information content (AvgIpc) is 3.29. The summed E-state index contributed by atoms with van der Waals surface area (Å²) >= 11 is 9.41. The van der Waals surface area contributed by atoms with Gasteiger partial charge in [0.05, 0.1) is 10.2 Å². The van der Waals surface area contributed by atoms with Crippen molar-refractivity contribution in [3.8, 4) is 0 Å². The Morgan fingerprint density at radius 2 is 1.92 bits per heavy atom. The van der Waals surface area contributed by atoms with Gasteiger partial charge >= 0.3 is 0 Å². The first-order valence-corrected chi connectivity index (χ1v) is 10.4. The number of aromatic nitrogens is 1. The average molecular weight is 389 g/mol. The van der Waals surface area contributed by atoms with Crippen LogP contribution >= 0.6 is 34.7 Å². The highest BCUT2D eigenvalue weighted by Crippen LogP contribution is 2.32. The van der Waals surface area contributed by atoms with Gasteiger partial charge < -0.3 is 4.90 Å². The molecule has 0 bridgehead atoms. The third kappa shape index (κ3) is 3.84. The lowest BCUT2D eigenvalue weighted by Gasteiger charge is -2.15. The van der Waals surface area contributed by atoms with Gasteiger partial charge in [-0.15, -0.1) is 11.3 Å². The summed E-state index contributed by atoms with van der Waals surface area (Å²) < 4.78 is 2.19. The molecule has 0 spiro atoms. The van der Waals surface area contributed by atoms with Crippen LogP contribution in [0, 0.1) is 0 Å². The maximum absolute atomic E-state index is 12.4. The zero-order chi connectivity index (χ0) is 17.2. The Morgan fingerprint density at radius 1 is 1.16 bits per heavy atom. The first-order chi connectivity index (χ1) is 12.2. The number of thioether (sulfide) groups is 1. The van der Waals surface area contributed by atoms with Gasteiger partial charge in [-0.1, -0.05) is 35.5 Å². The van der Waals surface area contributed by atoms with Crippen LogP contribution in [0.3, 0.4) is 0 Å². The molecule has 0 N–H and O–H groups in total. The number of carbonyl (C=O) groups excluding carboxylic acids is 1. The fraction of sp³-hybridized carbons (Fsp3) is 0.263. The maximum atomic E-state index is 12.4. The predicted molar refractivity (Wildman–Crippen MR) is 106 cm³/mol. The van der Waals surface area contributed by atoms with E-state index in [1.54, 1.807) is 23.1 Å². The number of amides is 1. The van der Waals surface area contributed by atoms with E-state index in [1.165, 1.54) is 5.56 Å². The summed E-state index contributed by atoms with van der Waals surface area (Å²) in [7, 11) is 0. The van der Waals surface area contributed by atoms with Crippen molar-refractivity contribution >= 4 is 50.8 Å². The Labute approximate surface area is 160 Å². The lowest BCUT2D eigenvalue weighted by Crippen LogP contribution is -2.27. The molecular weight excluding hydrogens is 372 g/mol.